The van der Waals surface area contributed by atoms with Crippen molar-refractivity contribution in [1.29, 1.82) is 0 Å². The lowest BCUT2D eigenvalue weighted by Crippen LogP contribution is -2.29. The van der Waals surface area contributed by atoms with E-state index in [1.165, 1.54) is 25.3 Å². The van der Waals surface area contributed by atoms with E-state index in [1.807, 2.05) is 11.1 Å². The largest absolute Gasteiger partial charge is 0.508 e. The van der Waals surface area contributed by atoms with Crippen LogP contribution in [0.3, 0.4) is 0 Å². The number of hydrogen-bond acceptors (Lipinski definition) is 8. The Balaban J connectivity index is 1.58. The lowest BCUT2D eigenvalue weighted by molar-refractivity contribution is 0.381. The van der Waals surface area contributed by atoms with Gasteiger partial charge in [0.25, 0.3) is 0 Å². The molecule has 182 valence electrons. The van der Waals surface area contributed by atoms with E-state index >= 15 is 0 Å². The summed E-state index contributed by atoms with van der Waals surface area (Å²) < 4.78 is 28.2. The molecular weight excluding hydrogens is 465 g/mol. The van der Waals surface area contributed by atoms with Gasteiger partial charge in [-0.1, -0.05) is 12.1 Å². The van der Waals surface area contributed by atoms with Crippen LogP contribution >= 0.6 is 0 Å². The first-order chi connectivity index (χ1) is 17.4. The number of ether oxygens (including phenoxy) is 1. The number of fused-ring (bicyclic) bond motifs is 3. The van der Waals surface area contributed by atoms with Crippen LogP contribution in [-0.4, -0.2) is 44.8 Å². The Kier molecular flexibility index (Phi) is 5.10. The highest BCUT2D eigenvalue weighted by molar-refractivity contribution is 6.00. The van der Waals surface area contributed by atoms with Crippen LogP contribution in [0.1, 0.15) is 11.4 Å². The van der Waals surface area contributed by atoms with E-state index in [0.717, 1.165) is 5.82 Å². The van der Waals surface area contributed by atoms with Crippen LogP contribution in [0.4, 0.5) is 10.2 Å². The quantitative estimate of drug-likeness (QED) is 0.409. The van der Waals surface area contributed by atoms with Gasteiger partial charge in [0, 0.05) is 55.0 Å². The normalized spacial score (nSPS) is 13.7. The zero-order chi connectivity index (χ0) is 25.0. The molecule has 0 atom stereocenters. The first-order valence-corrected chi connectivity index (χ1v) is 11.5. The number of rotatable bonds is 3. The van der Waals surface area contributed by atoms with Gasteiger partial charge in [-0.05, 0) is 30.5 Å². The third-order valence-corrected chi connectivity index (χ3v) is 6.62. The van der Waals surface area contributed by atoms with Crippen molar-refractivity contribution in [2.75, 3.05) is 25.1 Å². The molecule has 0 saturated heterocycles. The number of halogens is 1. The molecule has 3 aromatic heterocycles. The maximum absolute atomic E-state index is 14.9. The van der Waals surface area contributed by atoms with Crippen LogP contribution in [0.2, 0.25) is 0 Å². The average molecular weight is 487 g/mol. The number of anilines is 1. The molecule has 0 unspecified atom stereocenters. The molecule has 1 N–H and O–H groups in total. The number of aromatic hydroxyl groups is 1. The minimum Gasteiger partial charge on any atom is -0.508 e. The smallest absolute Gasteiger partial charge is 0.349 e. The molecule has 0 fully saturated rings. The Morgan fingerprint density at radius 2 is 2.00 bits per heavy atom. The molecule has 0 spiro atoms. The fourth-order valence-electron chi connectivity index (χ4n) is 4.90. The van der Waals surface area contributed by atoms with Crippen molar-refractivity contribution in [1.82, 2.24) is 19.5 Å². The Morgan fingerprint density at radius 1 is 1.14 bits per heavy atom. The number of phenolic OH excluding ortho intramolecular Hbond substituents is 1. The third-order valence-electron chi connectivity index (χ3n) is 6.62. The van der Waals surface area contributed by atoms with E-state index in [9.17, 15) is 14.3 Å². The van der Waals surface area contributed by atoms with Crippen LogP contribution < -0.4 is 15.3 Å². The summed E-state index contributed by atoms with van der Waals surface area (Å²) in [4.78, 5) is 28.9. The van der Waals surface area contributed by atoms with Gasteiger partial charge >= 0.3 is 11.6 Å². The average Bonchev–Trinajstić information content (AvgIpc) is 3.23. The predicted octanol–water partition coefficient (Wildman–Crippen LogP) is 3.82. The van der Waals surface area contributed by atoms with E-state index in [1.54, 1.807) is 25.3 Å². The van der Waals surface area contributed by atoms with Crippen molar-refractivity contribution >= 4 is 27.5 Å². The number of aromatic nitrogens is 4. The molecule has 4 heterocycles. The lowest BCUT2D eigenvalue weighted by Gasteiger charge is -2.23. The van der Waals surface area contributed by atoms with E-state index < -0.39 is 11.4 Å². The number of phenols is 1. The summed E-state index contributed by atoms with van der Waals surface area (Å²) in [5, 5.41) is 11.3. The molecule has 10 heteroatoms. The van der Waals surface area contributed by atoms with Crippen molar-refractivity contribution in [2.24, 2.45) is 0 Å². The Bertz CT molecular complexity index is 1690. The first kappa shape index (κ1) is 22.0. The van der Waals surface area contributed by atoms with Crippen molar-refractivity contribution < 1.29 is 18.7 Å². The Labute approximate surface area is 204 Å². The van der Waals surface area contributed by atoms with Crippen molar-refractivity contribution in [3.05, 3.63) is 70.4 Å². The second kappa shape index (κ2) is 8.33. The van der Waals surface area contributed by atoms with Crippen LogP contribution in [-0.2, 0) is 13.0 Å². The number of methoxy groups -OCH3 is 1. The molecule has 36 heavy (non-hydrogen) atoms. The van der Waals surface area contributed by atoms with Crippen LogP contribution in [0.25, 0.3) is 33.0 Å². The Morgan fingerprint density at radius 3 is 2.83 bits per heavy atom. The van der Waals surface area contributed by atoms with Crippen LogP contribution in [0.5, 0.6) is 11.8 Å². The molecule has 0 amide bonds. The second-order valence-corrected chi connectivity index (χ2v) is 8.71. The molecule has 6 rings (SSSR count). The SMILES string of the molecule is COc1nc(N2CCc3nccn3CC2)c2c(=O)oc(-c3cc(O)cc4cccc(F)c34)c(C)c2n1. The number of benzene rings is 2. The van der Waals surface area contributed by atoms with Gasteiger partial charge in [0.15, 0.2) is 5.82 Å². The molecule has 5 aromatic rings. The van der Waals surface area contributed by atoms with Crippen molar-refractivity contribution in [3.8, 4) is 23.1 Å². The number of imidazole rings is 1. The van der Waals surface area contributed by atoms with Gasteiger partial charge < -0.3 is 23.7 Å². The van der Waals surface area contributed by atoms with E-state index in [2.05, 4.69) is 19.5 Å². The standard InChI is InChI=1S/C26H22FN5O4/c1-14-22-21(24(30-26(29-22)35-2)32-8-6-19-28-7-9-31(19)10-11-32)25(34)36-23(14)17-13-16(33)12-15-4-3-5-18(27)20(15)17/h3-5,7,9,12-13,33H,6,8,10-11H2,1-2H3. The van der Waals surface area contributed by atoms with E-state index in [-0.39, 0.29) is 33.9 Å². The van der Waals surface area contributed by atoms with Crippen LogP contribution in [0, 0.1) is 12.7 Å². The van der Waals surface area contributed by atoms with Gasteiger partial charge in [-0.15, -0.1) is 0 Å². The van der Waals surface area contributed by atoms with E-state index in [0.29, 0.717) is 48.3 Å². The lowest BCUT2D eigenvalue weighted by atomic mass is 9.98. The summed E-state index contributed by atoms with van der Waals surface area (Å²) in [7, 11) is 1.46. The fourth-order valence-corrected chi connectivity index (χ4v) is 4.90. The zero-order valence-corrected chi connectivity index (χ0v) is 19.7. The highest BCUT2D eigenvalue weighted by Gasteiger charge is 2.25. The summed E-state index contributed by atoms with van der Waals surface area (Å²) in [5.41, 5.74) is 0.458. The third kappa shape index (κ3) is 3.44. The van der Waals surface area contributed by atoms with Gasteiger partial charge in [-0.2, -0.15) is 9.97 Å². The van der Waals surface area contributed by atoms with Gasteiger partial charge in [-0.25, -0.2) is 14.2 Å². The van der Waals surface area contributed by atoms with Crippen LogP contribution in [0.15, 0.2) is 51.9 Å². The fraction of sp³-hybridized carbons (Fsp3) is 0.231. The first-order valence-electron chi connectivity index (χ1n) is 11.5. The van der Waals surface area contributed by atoms with Crippen molar-refractivity contribution in [3.63, 3.8) is 0 Å². The maximum atomic E-state index is 14.9. The summed E-state index contributed by atoms with van der Waals surface area (Å²) in [5.74, 6) is 0.936. The minimum absolute atomic E-state index is 0.0757. The second-order valence-electron chi connectivity index (χ2n) is 8.71. The van der Waals surface area contributed by atoms with E-state index in [4.69, 9.17) is 9.15 Å². The summed E-state index contributed by atoms with van der Waals surface area (Å²) in [6.07, 6.45) is 4.39. The van der Waals surface area contributed by atoms with Gasteiger partial charge in [0.2, 0.25) is 0 Å². The molecule has 2 aromatic carbocycles. The van der Waals surface area contributed by atoms with Gasteiger partial charge in [0.05, 0.1) is 12.6 Å². The monoisotopic (exact) mass is 487 g/mol. The topological polar surface area (TPSA) is 107 Å². The van der Waals surface area contributed by atoms with Gasteiger partial charge in [0.1, 0.15) is 28.5 Å². The highest BCUT2D eigenvalue weighted by Crippen LogP contribution is 2.38. The molecule has 9 nitrogen and oxygen atoms in total. The van der Waals surface area contributed by atoms with Crippen molar-refractivity contribution in [2.45, 2.75) is 19.9 Å². The minimum atomic E-state index is -0.655. The number of aryl methyl sites for hydroxylation is 1. The molecular formula is C26H22FN5O4. The number of nitrogens with zero attached hydrogens (tertiary/aromatic N) is 5. The summed E-state index contributed by atoms with van der Waals surface area (Å²) >= 11 is 0. The predicted molar refractivity (Wildman–Crippen MR) is 132 cm³/mol. The Hall–Kier alpha value is -4.47. The molecule has 1 aliphatic rings. The highest BCUT2D eigenvalue weighted by atomic mass is 19.1. The molecule has 0 aliphatic carbocycles. The van der Waals surface area contributed by atoms with Gasteiger partial charge in [-0.3, -0.25) is 0 Å². The zero-order valence-electron chi connectivity index (χ0n) is 19.7. The summed E-state index contributed by atoms with van der Waals surface area (Å²) in [6.45, 7) is 3.61. The maximum Gasteiger partial charge on any atom is 0.349 e. The molecule has 0 saturated carbocycles. The summed E-state index contributed by atoms with van der Waals surface area (Å²) in [6, 6.07) is 7.52. The molecule has 0 bridgehead atoms. The molecule has 1 aliphatic heterocycles. The molecule has 0 radical (unpaired) electrons. The number of hydrogen-bond donors (Lipinski definition) is 1.